The number of fused-ring (bicyclic) bond motifs is 4. The fourth-order valence-corrected chi connectivity index (χ4v) is 5.17. The molecule has 162 valence electrons. The maximum atomic E-state index is 13.3. The summed E-state index contributed by atoms with van der Waals surface area (Å²) in [7, 11) is 1.34. The third-order valence-corrected chi connectivity index (χ3v) is 6.70. The quantitative estimate of drug-likeness (QED) is 0.728. The topological polar surface area (TPSA) is 92.1 Å². The monoisotopic (exact) mass is 423 g/mol. The van der Waals surface area contributed by atoms with Crippen LogP contribution < -0.4 is 10.2 Å². The molecule has 3 aliphatic rings. The van der Waals surface area contributed by atoms with Crippen molar-refractivity contribution in [1.29, 1.82) is 0 Å². The lowest BCUT2D eigenvalue weighted by Gasteiger charge is -2.36. The van der Waals surface area contributed by atoms with Crippen LogP contribution in [0, 0.1) is 0 Å². The number of rotatable bonds is 5. The van der Waals surface area contributed by atoms with E-state index in [1.54, 1.807) is 9.47 Å². The van der Waals surface area contributed by atoms with E-state index < -0.39 is 11.2 Å². The largest absolute Gasteiger partial charge is 0.491 e. The van der Waals surface area contributed by atoms with Crippen molar-refractivity contribution in [3.8, 4) is 5.75 Å². The molecule has 0 saturated carbocycles. The number of amides is 1. The molecule has 1 aromatic carbocycles. The Hall–Kier alpha value is -2.97. The van der Waals surface area contributed by atoms with Crippen LogP contribution in [0.4, 0.5) is 0 Å². The molecule has 1 aromatic heterocycles. The molecule has 2 atom stereocenters. The summed E-state index contributed by atoms with van der Waals surface area (Å²) in [5.74, 6) is -0.731. The minimum atomic E-state index is -1.02. The first-order valence-electron chi connectivity index (χ1n) is 10.6. The molecule has 1 amide bonds. The van der Waals surface area contributed by atoms with Crippen molar-refractivity contribution in [2.75, 3.05) is 20.2 Å². The average molecular weight is 423 g/mol. The number of hydrogen-bond donors (Lipinski definition) is 1. The van der Waals surface area contributed by atoms with Gasteiger partial charge in [0.25, 0.3) is 5.91 Å². The Bertz CT molecular complexity index is 1110. The van der Waals surface area contributed by atoms with E-state index in [0.29, 0.717) is 25.9 Å². The SMILES string of the molecule is COc1c2n(cc(C(=O)CCc3ccccc3)c1=O)C[C@H]1N(C[C@]3(O)CCCN13)C2=O. The highest BCUT2D eigenvalue weighted by molar-refractivity contribution is 6.00. The van der Waals surface area contributed by atoms with Crippen molar-refractivity contribution >= 4 is 11.7 Å². The van der Waals surface area contributed by atoms with E-state index in [-0.39, 0.29) is 47.8 Å². The van der Waals surface area contributed by atoms with Crippen LogP contribution in [0.3, 0.4) is 0 Å². The third kappa shape index (κ3) is 3.09. The summed E-state index contributed by atoms with van der Waals surface area (Å²) in [5.41, 5.74) is -0.381. The van der Waals surface area contributed by atoms with Gasteiger partial charge in [0, 0.05) is 19.2 Å². The first-order chi connectivity index (χ1) is 14.9. The predicted molar refractivity (Wildman–Crippen MR) is 112 cm³/mol. The molecule has 2 aromatic rings. The number of carbonyl (C=O) groups is 2. The van der Waals surface area contributed by atoms with Crippen LogP contribution in [0.2, 0.25) is 0 Å². The number of hydrogen-bond acceptors (Lipinski definition) is 6. The highest BCUT2D eigenvalue weighted by atomic mass is 16.5. The Morgan fingerprint density at radius 3 is 2.77 bits per heavy atom. The van der Waals surface area contributed by atoms with Crippen LogP contribution in [-0.2, 0) is 13.0 Å². The summed E-state index contributed by atoms with van der Waals surface area (Å²) < 4.78 is 6.98. The maximum absolute atomic E-state index is 13.3. The smallest absolute Gasteiger partial charge is 0.275 e. The highest BCUT2D eigenvalue weighted by Crippen LogP contribution is 2.40. The number of carbonyl (C=O) groups excluding carboxylic acids is 2. The molecule has 3 aliphatic heterocycles. The van der Waals surface area contributed by atoms with Crippen LogP contribution in [0.1, 0.15) is 45.7 Å². The number of Topliss-reactive ketones (excluding diaryl/α,β-unsaturated/α-hetero) is 1. The Morgan fingerprint density at radius 2 is 2.03 bits per heavy atom. The van der Waals surface area contributed by atoms with Crippen molar-refractivity contribution in [3.05, 3.63) is 63.6 Å². The normalized spacial score (nSPS) is 24.6. The standard InChI is InChI=1S/C23H25N3O5/c1-31-21-19-22(29)25-14-23(30)10-5-11-26(23)18(25)13-24(19)12-16(20(21)28)17(27)9-8-15-6-3-2-4-7-15/h2-4,6-7,12,18,30H,5,8-11,13-14H2,1H3/t18-,23+/m0/s1. The van der Waals surface area contributed by atoms with Gasteiger partial charge in [0.05, 0.1) is 25.8 Å². The average Bonchev–Trinajstić information content (AvgIpc) is 3.27. The van der Waals surface area contributed by atoms with E-state index >= 15 is 0 Å². The Morgan fingerprint density at radius 1 is 1.26 bits per heavy atom. The van der Waals surface area contributed by atoms with Gasteiger partial charge in [-0.1, -0.05) is 30.3 Å². The summed E-state index contributed by atoms with van der Waals surface area (Å²) in [6.45, 7) is 1.30. The number of ketones is 1. The van der Waals surface area contributed by atoms with Crippen LogP contribution in [0.15, 0.2) is 41.3 Å². The van der Waals surface area contributed by atoms with Gasteiger partial charge in [0.2, 0.25) is 5.43 Å². The van der Waals surface area contributed by atoms with Gasteiger partial charge in [0.1, 0.15) is 11.9 Å². The second kappa shape index (κ2) is 7.32. The van der Waals surface area contributed by atoms with Crippen molar-refractivity contribution in [1.82, 2.24) is 14.4 Å². The minimum Gasteiger partial charge on any atom is -0.491 e. The second-order valence-electron chi connectivity index (χ2n) is 8.51. The van der Waals surface area contributed by atoms with E-state index in [1.807, 2.05) is 35.2 Å². The van der Waals surface area contributed by atoms with E-state index in [1.165, 1.54) is 13.3 Å². The predicted octanol–water partition coefficient (Wildman–Crippen LogP) is 1.25. The van der Waals surface area contributed by atoms with Crippen LogP contribution in [0.25, 0.3) is 0 Å². The molecule has 31 heavy (non-hydrogen) atoms. The fraction of sp³-hybridized carbons (Fsp3) is 0.435. The van der Waals surface area contributed by atoms with Gasteiger partial charge in [0.15, 0.2) is 17.2 Å². The molecular weight excluding hydrogens is 398 g/mol. The van der Waals surface area contributed by atoms with Crippen LogP contribution in [-0.4, -0.2) is 63.3 Å². The van der Waals surface area contributed by atoms with Gasteiger partial charge in [-0.15, -0.1) is 0 Å². The summed E-state index contributed by atoms with van der Waals surface area (Å²) in [6.07, 6.45) is 3.40. The van der Waals surface area contributed by atoms with E-state index in [0.717, 1.165) is 12.0 Å². The second-order valence-corrected chi connectivity index (χ2v) is 8.51. The van der Waals surface area contributed by atoms with Gasteiger partial charge in [-0.3, -0.25) is 19.3 Å². The van der Waals surface area contributed by atoms with Crippen molar-refractivity contribution < 1.29 is 19.4 Å². The van der Waals surface area contributed by atoms with E-state index in [4.69, 9.17) is 4.74 Å². The molecule has 0 unspecified atom stereocenters. The Balaban J connectivity index is 1.49. The zero-order valence-electron chi connectivity index (χ0n) is 17.4. The lowest BCUT2D eigenvalue weighted by Crippen LogP contribution is -2.51. The summed E-state index contributed by atoms with van der Waals surface area (Å²) in [6, 6.07) is 9.62. The molecule has 2 fully saturated rings. The number of nitrogens with zero attached hydrogens (tertiary/aromatic N) is 3. The molecule has 1 N–H and O–H groups in total. The first-order valence-corrected chi connectivity index (χ1v) is 10.6. The summed E-state index contributed by atoms with van der Waals surface area (Å²) in [4.78, 5) is 42.8. The van der Waals surface area contributed by atoms with Crippen LogP contribution >= 0.6 is 0 Å². The van der Waals surface area contributed by atoms with Crippen molar-refractivity contribution in [3.63, 3.8) is 0 Å². The first kappa shape index (κ1) is 20.0. The van der Waals surface area contributed by atoms with E-state index in [9.17, 15) is 19.5 Å². The number of pyridine rings is 1. The van der Waals surface area contributed by atoms with Gasteiger partial charge in [-0.25, -0.2) is 0 Å². The van der Waals surface area contributed by atoms with Gasteiger partial charge >= 0.3 is 0 Å². The molecule has 0 bridgehead atoms. The van der Waals surface area contributed by atoms with Crippen LogP contribution in [0.5, 0.6) is 5.75 Å². The summed E-state index contributed by atoms with van der Waals surface area (Å²) in [5, 5.41) is 10.9. The van der Waals surface area contributed by atoms with Gasteiger partial charge < -0.3 is 19.3 Å². The number of aromatic nitrogens is 1. The highest BCUT2D eigenvalue weighted by Gasteiger charge is 2.56. The summed E-state index contributed by atoms with van der Waals surface area (Å²) >= 11 is 0. The lowest BCUT2D eigenvalue weighted by molar-refractivity contribution is -0.0574. The number of aliphatic hydroxyl groups is 1. The van der Waals surface area contributed by atoms with Crippen molar-refractivity contribution in [2.45, 2.75) is 44.1 Å². The number of aryl methyl sites for hydroxylation is 1. The van der Waals surface area contributed by atoms with Crippen molar-refractivity contribution in [2.24, 2.45) is 0 Å². The molecule has 0 spiro atoms. The fourth-order valence-electron chi connectivity index (χ4n) is 5.17. The molecule has 0 aliphatic carbocycles. The molecule has 8 heteroatoms. The molecule has 2 saturated heterocycles. The Kier molecular flexibility index (Phi) is 4.71. The molecule has 4 heterocycles. The molecule has 8 nitrogen and oxygen atoms in total. The number of ether oxygens (including phenoxy) is 1. The lowest BCUT2D eigenvalue weighted by atomic mass is 10.0. The van der Waals surface area contributed by atoms with E-state index in [2.05, 4.69) is 0 Å². The third-order valence-electron chi connectivity index (χ3n) is 6.70. The zero-order chi connectivity index (χ0) is 21.8. The van der Waals surface area contributed by atoms with Gasteiger partial charge in [-0.2, -0.15) is 0 Å². The number of methoxy groups -OCH3 is 1. The molecular formula is C23H25N3O5. The molecule has 0 radical (unpaired) electrons. The molecule has 5 rings (SSSR count). The zero-order valence-corrected chi connectivity index (χ0v) is 17.4. The Labute approximate surface area is 179 Å². The minimum absolute atomic E-state index is 0.0347. The van der Waals surface area contributed by atoms with Gasteiger partial charge in [-0.05, 0) is 24.8 Å². The maximum Gasteiger partial charge on any atom is 0.275 e. The number of benzene rings is 1.